The van der Waals surface area contributed by atoms with Crippen molar-refractivity contribution in [2.75, 3.05) is 106 Å². The molecule has 711 valence electrons. The Hall–Kier alpha value is -13.8. The molecule has 0 saturated carbocycles. The monoisotopic (exact) mass is 1880 g/mol. The number of H-pyrrole nitrogens is 1. The van der Waals surface area contributed by atoms with E-state index in [1.165, 1.54) is 94.3 Å². The Morgan fingerprint density at radius 1 is 0.424 bits per heavy atom. The number of benzene rings is 7. The van der Waals surface area contributed by atoms with E-state index in [-0.39, 0.29) is 113 Å². The Balaban J connectivity index is 0.000000174. The van der Waals surface area contributed by atoms with Crippen molar-refractivity contribution in [3.63, 3.8) is 0 Å². The molecule has 5 aliphatic heterocycles. The second-order valence-electron chi connectivity index (χ2n) is 28.7. The summed E-state index contributed by atoms with van der Waals surface area (Å²) in [5.74, 6) is -2.82. The summed E-state index contributed by atoms with van der Waals surface area (Å²) in [5.41, 5.74) is 4.13. The third kappa shape index (κ3) is 32.4. The number of alkyl halides is 15. The molecule has 0 spiro atoms. The van der Waals surface area contributed by atoms with Gasteiger partial charge in [0.25, 0.3) is 5.88 Å². The molecule has 5 saturated heterocycles. The van der Waals surface area contributed by atoms with Crippen LogP contribution in [0.15, 0.2) is 170 Å². The minimum atomic E-state index is -4.75. The molecule has 34 nitrogen and oxygen atoms in total. The lowest BCUT2D eigenvalue weighted by Crippen LogP contribution is -2.26. The first-order valence-electron chi connectivity index (χ1n) is 39.8. The smallest absolute Gasteiger partial charge is 0.537 e. The van der Waals surface area contributed by atoms with Crippen LogP contribution in [-0.4, -0.2) is 245 Å². The fraction of sp³-hybridized carbons (Fsp3) is 0.378. The minimum Gasteiger partial charge on any atom is -0.537 e. The molecule has 5 unspecified atom stereocenters. The number of aromatic carboxylic acids is 2. The van der Waals surface area contributed by atoms with Gasteiger partial charge in [-0.3, -0.25) is 0 Å². The number of β-amino-alcohol motifs (C(OH)–C–C–N with tert-alkyl or cyclic N) is 2. The predicted octanol–water partition coefficient (Wildman–Crippen LogP) is 12.7. The van der Waals surface area contributed by atoms with E-state index in [1.54, 1.807) is 57.5 Å². The number of hydrogen-bond acceptors (Lipinski definition) is 29. The highest BCUT2D eigenvalue weighted by atomic mass is 19.4. The van der Waals surface area contributed by atoms with Crippen LogP contribution < -0.4 is 76.9 Å². The number of aromatic nitrogens is 9. The number of carbonyl (C=O) groups is 3. The zero-order valence-electron chi connectivity index (χ0n) is 69.8. The Morgan fingerprint density at radius 2 is 0.765 bits per heavy atom. The molecule has 7 aromatic carbocycles. The van der Waals surface area contributed by atoms with Crippen LogP contribution in [0.4, 0.5) is 88.6 Å². The number of carbonyl (C=O) groups excluding carboxylic acids is 1. The van der Waals surface area contributed by atoms with Crippen LogP contribution in [0.3, 0.4) is 0 Å². The molecule has 8 heterocycles. The maximum atomic E-state index is 12.5. The van der Waals surface area contributed by atoms with Crippen molar-refractivity contribution in [1.82, 2.24) is 50.7 Å². The van der Waals surface area contributed by atoms with E-state index >= 15 is 0 Å². The fourth-order valence-corrected chi connectivity index (χ4v) is 13.2. The van der Waals surface area contributed by atoms with Gasteiger partial charge in [0.05, 0.1) is 65.8 Å². The summed E-state index contributed by atoms with van der Waals surface area (Å²) < 4.78 is 241. The van der Waals surface area contributed by atoms with Crippen LogP contribution in [0.25, 0.3) is 0 Å². The van der Waals surface area contributed by atoms with E-state index in [1.807, 2.05) is 56.0 Å². The highest BCUT2D eigenvalue weighted by Gasteiger charge is 2.38. The maximum Gasteiger partial charge on any atom is 0.573 e. The van der Waals surface area contributed by atoms with Gasteiger partial charge >= 0.3 is 57.4 Å². The van der Waals surface area contributed by atoms with Gasteiger partial charge in [-0.1, -0.05) is 45.0 Å². The number of hydrogen-bond donors (Lipinski definition) is 7. The first-order chi connectivity index (χ1) is 62.6. The number of carboxylic acids is 2. The van der Waals surface area contributed by atoms with Crippen molar-refractivity contribution >= 4 is 48.3 Å². The van der Waals surface area contributed by atoms with Crippen molar-refractivity contribution in [3.05, 3.63) is 198 Å². The van der Waals surface area contributed by atoms with Crippen molar-refractivity contribution in [1.29, 1.82) is 0 Å². The van der Waals surface area contributed by atoms with E-state index in [0.29, 0.717) is 115 Å². The molecule has 132 heavy (non-hydrogen) atoms. The van der Waals surface area contributed by atoms with Crippen LogP contribution in [-0.2, 0) is 17.8 Å². The number of halogens is 15. The van der Waals surface area contributed by atoms with E-state index in [0.717, 1.165) is 54.1 Å². The third-order valence-electron chi connectivity index (χ3n) is 19.2. The molecule has 5 fully saturated rings. The normalized spacial score (nSPS) is 17.1. The van der Waals surface area contributed by atoms with Crippen LogP contribution >= 0.6 is 0 Å². The van der Waals surface area contributed by atoms with Crippen molar-refractivity contribution in [2.24, 2.45) is 0 Å². The number of methoxy groups -OCH3 is 2. The van der Waals surface area contributed by atoms with Crippen molar-refractivity contribution < 1.29 is 162 Å². The molecule has 0 amide bonds. The Labute approximate surface area is 740 Å². The van der Waals surface area contributed by atoms with Gasteiger partial charge in [0.2, 0.25) is 28.8 Å². The predicted molar refractivity (Wildman–Crippen MR) is 435 cm³/mol. The van der Waals surface area contributed by atoms with Gasteiger partial charge in [0.15, 0.2) is 0 Å². The lowest BCUT2D eigenvalue weighted by Gasteiger charge is -2.20. The molecule has 7 N–H and O–H groups in total. The van der Waals surface area contributed by atoms with E-state index < -0.39 is 49.7 Å². The molecule has 0 bridgehead atoms. The summed E-state index contributed by atoms with van der Waals surface area (Å²) in [7, 11) is 3.58. The van der Waals surface area contributed by atoms with Crippen LogP contribution in [0.2, 0.25) is 0 Å². The molecular weight excluding hydrogens is 1800 g/mol. The Morgan fingerprint density at radius 3 is 1.08 bits per heavy atom. The second kappa shape index (κ2) is 46.2. The summed E-state index contributed by atoms with van der Waals surface area (Å²) in [6, 6.07) is 41.6. The first kappa shape index (κ1) is 100. The molecule has 0 aliphatic carbocycles. The lowest BCUT2D eigenvalue weighted by atomic mass is 10.2. The first-order valence-corrected chi connectivity index (χ1v) is 39.8. The molecule has 50 heteroatoms. The van der Waals surface area contributed by atoms with Crippen molar-refractivity contribution in [2.45, 2.75) is 114 Å². The fourth-order valence-electron chi connectivity index (χ4n) is 13.2. The third-order valence-corrected chi connectivity index (χ3v) is 19.2. The zero-order chi connectivity index (χ0) is 95.5. The number of nitrogens with one attached hydrogen (secondary N) is 2. The van der Waals surface area contributed by atoms with Crippen LogP contribution in [0.5, 0.6) is 63.6 Å². The topological polar surface area (TPSA) is 391 Å². The molecule has 1 radical (unpaired) electrons. The van der Waals surface area contributed by atoms with Gasteiger partial charge in [-0.05, 0) is 183 Å². The van der Waals surface area contributed by atoms with E-state index in [2.05, 4.69) is 69.7 Å². The minimum absolute atomic E-state index is 0.0162. The summed E-state index contributed by atoms with van der Waals surface area (Å²) in [4.78, 5) is 42.8. The highest BCUT2D eigenvalue weighted by molar-refractivity contribution is 6.17. The second-order valence-corrected chi connectivity index (χ2v) is 28.7. The summed E-state index contributed by atoms with van der Waals surface area (Å²) in [5, 5.41) is 72.8. The average molecular weight is 1880 g/mol. The number of aromatic amines is 1. The maximum absolute atomic E-state index is 12.5. The van der Waals surface area contributed by atoms with Crippen molar-refractivity contribution in [3.8, 4) is 63.6 Å². The molecule has 5 aliphatic rings. The van der Waals surface area contributed by atoms with Crippen LogP contribution in [0.1, 0.15) is 81.6 Å². The highest BCUT2D eigenvalue weighted by Crippen LogP contribution is 2.36. The van der Waals surface area contributed by atoms with E-state index in [9.17, 15) is 90.5 Å². The number of aliphatic hydroxyl groups excluding tert-OH is 2. The van der Waals surface area contributed by atoms with Gasteiger partial charge in [-0.25, -0.2) is 28.8 Å². The van der Waals surface area contributed by atoms with Crippen LogP contribution in [0, 0.1) is 0 Å². The lowest BCUT2D eigenvalue weighted by molar-refractivity contribution is -0.275. The SMILES string of the molecule is CCOC(=O)c1nnn(Cc2ccc(OC)cc2)c1OC1CCN(c2ccc(OC(F)(F)F)cc2)C1.COc1ccc(Cn2nnc(C(=O)O)c2OC2CCN(c3ccc(OC(F)(F)F)cc3)C2)cc1.O=C(O)c1[nH]nnc1OC1CCN(c2ccc(OC(F)(F)F)cc2)C1.OC1CCN(c2ccc(OC(F)(F)F)cc2)C1.OC1CCNC1.O[B]Oc1ccc(OC(F)(F)F)cc1. The van der Waals surface area contributed by atoms with Gasteiger partial charge in [-0.15, -0.1) is 76.1 Å². The standard InChI is InChI=1S/C24H25F3N4O5.C22H21F3N4O5.C14H13F3N4O4.C11H12F3NO2.C7H5BF3O3.C4H9NO/c1-3-34-23(32)21-22(31(29-28-21)14-16-4-8-18(33-2)9-5-16)35-20-12-13-30(15-20)17-6-10-19(11-7-17)36-24(25,26)27;1-32-16-6-2-14(3-7-16)12-29-20(19(21(30)31)26-27-29)33-18-10-11-28(13-18)15-4-8-17(9-5-15)34-22(23,24)25;15-14(16,17)25-9-3-1-8(2-4-9)21-6-5-10(7-21)24-12-11(13(22)23)18-20-19-12;12-11(13,14)17-10-3-1-8(2-4-10)15-6-5-9(16)7-15;9-7(10,11)13-5-1-3-6(4-2-5)14-8-12;6-4-1-2-5-3-4/h4-11,20H,3,12-15H2,1-2H3;2-9,18H,10-13H2,1H3,(H,30,31);1-4,10H,5-7H2,(H,22,23)(H,18,19,20);1-4,9,16H,5-7H2;1-4,12H;4-6H,1-3H2. The summed E-state index contributed by atoms with van der Waals surface area (Å²) in [6.07, 6.45) is -21.6. The van der Waals surface area contributed by atoms with Gasteiger partial charge < -0.3 is 107 Å². The number of carboxylic acid groups (broad SMARTS) is 2. The largest absolute Gasteiger partial charge is 0.573 e. The molecular formula is C82H85BF15N14O20. The summed E-state index contributed by atoms with van der Waals surface area (Å²) in [6.45, 7) is 8.51. The average Bonchev–Trinajstić information content (AvgIpc) is 1.67. The molecule has 15 rings (SSSR count). The number of aliphatic hydroxyl groups is 2. The molecule has 10 aromatic rings. The molecule has 5 atom stereocenters. The zero-order valence-corrected chi connectivity index (χ0v) is 69.8. The number of nitrogens with zero attached hydrogens (tertiary/aromatic N) is 12. The number of rotatable bonds is 27. The summed E-state index contributed by atoms with van der Waals surface area (Å²) >= 11 is 0. The molecule has 3 aromatic heterocycles. The Bertz CT molecular complexity index is 5240. The number of ether oxygens (including phenoxy) is 11. The van der Waals surface area contributed by atoms with E-state index in [4.69, 9.17) is 43.7 Å². The van der Waals surface area contributed by atoms with Gasteiger partial charge in [0, 0.05) is 81.3 Å². The Kier molecular flexibility index (Phi) is 35.1. The quantitative estimate of drug-likeness (QED) is 0.0143. The number of anilines is 4. The van der Waals surface area contributed by atoms with Gasteiger partial charge in [-0.2, -0.15) is 0 Å². The van der Waals surface area contributed by atoms with Gasteiger partial charge in [0.1, 0.15) is 64.3 Å². The number of esters is 1.